The molecule has 0 amide bonds. The lowest BCUT2D eigenvalue weighted by molar-refractivity contribution is -0.0271. The van der Waals surface area contributed by atoms with Gasteiger partial charge in [0.15, 0.2) is 0 Å². The Balaban J connectivity index is 1.71. The van der Waals surface area contributed by atoms with Gasteiger partial charge in [-0.2, -0.15) is 0 Å². The van der Waals surface area contributed by atoms with Crippen LogP contribution in [0.15, 0.2) is 24.3 Å². The fraction of sp³-hybridized carbons (Fsp3) is 0.647. The Bertz CT molecular complexity index is 452. The van der Waals surface area contributed by atoms with E-state index in [1.54, 1.807) is 0 Å². The minimum absolute atomic E-state index is 0.242. The van der Waals surface area contributed by atoms with Gasteiger partial charge in [-0.15, -0.1) is 0 Å². The van der Waals surface area contributed by atoms with Crippen LogP contribution >= 0.6 is 0 Å². The van der Waals surface area contributed by atoms with Crippen molar-refractivity contribution in [3.63, 3.8) is 0 Å². The third kappa shape index (κ3) is 3.57. The summed E-state index contributed by atoms with van der Waals surface area (Å²) in [6, 6.07) is 8.40. The zero-order valence-corrected chi connectivity index (χ0v) is 12.9. The number of nitrogens with one attached hydrogen (secondary N) is 1. The van der Waals surface area contributed by atoms with Gasteiger partial charge in [-0.3, -0.25) is 4.90 Å². The Hall–Kier alpha value is -1.10. The monoisotopic (exact) mass is 290 g/mol. The predicted molar refractivity (Wildman–Crippen MR) is 83.6 cm³/mol. The number of hydrogen-bond acceptors (Lipinski definition) is 4. The molecule has 4 nitrogen and oxygen atoms in total. The van der Waals surface area contributed by atoms with Gasteiger partial charge in [0.05, 0.1) is 6.61 Å². The Kier molecular flexibility index (Phi) is 4.78. The first-order valence-electron chi connectivity index (χ1n) is 7.97. The fourth-order valence-electron chi connectivity index (χ4n) is 3.59. The molecule has 3 rings (SSSR count). The maximum absolute atomic E-state index is 5.87. The molecule has 21 heavy (non-hydrogen) atoms. The summed E-state index contributed by atoms with van der Waals surface area (Å²) < 4.78 is 11.7. The molecule has 4 heteroatoms. The summed E-state index contributed by atoms with van der Waals surface area (Å²) in [5, 5.41) is 3.36. The van der Waals surface area contributed by atoms with Crippen LogP contribution in [0.25, 0.3) is 0 Å². The van der Waals surface area contributed by atoms with E-state index in [-0.39, 0.29) is 5.41 Å². The zero-order chi connectivity index (χ0) is 14.5. The van der Waals surface area contributed by atoms with E-state index in [1.165, 1.54) is 18.4 Å². The van der Waals surface area contributed by atoms with Crippen molar-refractivity contribution in [3.05, 3.63) is 29.8 Å². The van der Waals surface area contributed by atoms with Gasteiger partial charge in [0.1, 0.15) is 12.4 Å². The van der Waals surface area contributed by atoms with Crippen LogP contribution in [-0.4, -0.2) is 51.4 Å². The summed E-state index contributed by atoms with van der Waals surface area (Å²) in [5.41, 5.74) is 1.54. The normalized spacial score (nSPS) is 26.7. The lowest BCUT2D eigenvalue weighted by Gasteiger charge is -2.40. The first-order chi connectivity index (χ1) is 10.3. The number of hydrogen-bond donors (Lipinski definition) is 1. The summed E-state index contributed by atoms with van der Waals surface area (Å²) in [7, 11) is 2.04. The van der Waals surface area contributed by atoms with E-state index in [0.717, 1.165) is 51.7 Å². The van der Waals surface area contributed by atoms with Gasteiger partial charge in [-0.05, 0) is 26.0 Å². The van der Waals surface area contributed by atoms with Crippen molar-refractivity contribution in [2.75, 3.05) is 46.5 Å². The van der Waals surface area contributed by atoms with Crippen molar-refractivity contribution in [2.24, 2.45) is 5.41 Å². The molecular weight excluding hydrogens is 264 g/mol. The molecule has 0 aliphatic carbocycles. The third-order valence-electron chi connectivity index (χ3n) is 4.55. The smallest absolute Gasteiger partial charge is 0.123 e. The average Bonchev–Trinajstić information content (AvgIpc) is 2.70. The zero-order valence-electron chi connectivity index (χ0n) is 12.9. The molecule has 116 valence electrons. The van der Waals surface area contributed by atoms with Crippen LogP contribution in [-0.2, 0) is 11.3 Å². The van der Waals surface area contributed by atoms with Crippen LogP contribution in [0.4, 0.5) is 0 Å². The molecule has 1 N–H and O–H groups in total. The van der Waals surface area contributed by atoms with Crippen molar-refractivity contribution in [1.29, 1.82) is 0 Å². The van der Waals surface area contributed by atoms with Crippen LogP contribution < -0.4 is 10.1 Å². The van der Waals surface area contributed by atoms with Gasteiger partial charge >= 0.3 is 0 Å². The van der Waals surface area contributed by atoms with Crippen LogP contribution in [0.3, 0.4) is 0 Å². The maximum Gasteiger partial charge on any atom is 0.123 e. The average molecular weight is 290 g/mol. The minimum Gasteiger partial charge on any atom is -0.492 e. The highest BCUT2D eigenvalue weighted by Gasteiger charge is 2.34. The Morgan fingerprint density at radius 2 is 2.19 bits per heavy atom. The van der Waals surface area contributed by atoms with Crippen molar-refractivity contribution in [1.82, 2.24) is 10.2 Å². The van der Waals surface area contributed by atoms with Gasteiger partial charge in [-0.1, -0.05) is 18.2 Å². The molecule has 0 aromatic heterocycles. The van der Waals surface area contributed by atoms with E-state index < -0.39 is 0 Å². The molecule has 2 aliphatic rings. The van der Waals surface area contributed by atoms with Crippen LogP contribution in [0.5, 0.6) is 5.75 Å². The quantitative estimate of drug-likeness (QED) is 0.918. The summed E-state index contributed by atoms with van der Waals surface area (Å²) >= 11 is 0. The number of benzene rings is 1. The van der Waals surface area contributed by atoms with E-state index >= 15 is 0 Å². The molecule has 2 aliphatic heterocycles. The number of nitrogens with zero attached hydrogens (tertiary/aromatic N) is 1. The Morgan fingerprint density at radius 1 is 1.29 bits per heavy atom. The number of para-hydroxylation sites is 1. The topological polar surface area (TPSA) is 33.7 Å². The molecule has 0 bridgehead atoms. The Morgan fingerprint density at radius 3 is 3.00 bits per heavy atom. The maximum atomic E-state index is 5.87. The minimum atomic E-state index is 0.242. The summed E-state index contributed by atoms with van der Waals surface area (Å²) in [5.74, 6) is 1.04. The second-order valence-electron chi connectivity index (χ2n) is 6.35. The summed E-state index contributed by atoms with van der Waals surface area (Å²) in [6.07, 6.45) is 2.41. The van der Waals surface area contributed by atoms with Gasteiger partial charge in [0, 0.05) is 43.8 Å². The second kappa shape index (κ2) is 6.77. The second-order valence-corrected chi connectivity index (χ2v) is 6.35. The molecular formula is C17H26N2O2. The van der Waals surface area contributed by atoms with E-state index in [0.29, 0.717) is 0 Å². The largest absolute Gasteiger partial charge is 0.492 e. The van der Waals surface area contributed by atoms with Gasteiger partial charge in [0.25, 0.3) is 0 Å². The number of ether oxygens (including phenoxy) is 2. The summed E-state index contributed by atoms with van der Waals surface area (Å²) in [6.45, 7) is 6.61. The standard InChI is InChI=1S/C17H26N2O2/c1-18-12-17(7-4-9-20-14-17)13-19-8-10-21-16-6-3-2-5-15(16)11-19/h2-3,5-6,18H,4,7-14H2,1H3. The number of rotatable bonds is 4. The molecule has 1 aromatic carbocycles. The van der Waals surface area contributed by atoms with E-state index in [9.17, 15) is 0 Å². The molecule has 1 saturated heterocycles. The lowest BCUT2D eigenvalue weighted by Crippen LogP contribution is -2.48. The van der Waals surface area contributed by atoms with Gasteiger partial charge < -0.3 is 14.8 Å². The SMILES string of the molecule is CNCC1(CN2CCOc3ccccc3C2)CCCOC1. The van der Waals surface area contributed by atoms with Gasteiger partial charge in [0.2, 0.25) is 0 Å². The molecule has 1 aromatic rings. The summed E-state index contributed by atoms with van der Waals surface area (Å²) in [4.78, 5) is 2.53. The number of fused-ring (bicyclic) bond motifs is 1. The lowest BCUT2D eigenvalue weighted by atomic mass is 9.81. The molecule has 0 saturated carbocycles. The first kappa shape index (κ1) is 14.8. The van der Waals surface area contributed by atoms with Crippen molar-refractivity contribution in [2.45, 2.75) is 19.4 Å². The van der Waals surface area contributed by atoms with Crippen molar-refractivity contribution < 1.29 is 9.47 Å². The molecule has 0 radical (unpaired) electrons. The molecule has 2 heterocycles. The van der Waals surface area contributed by atoms with Crippen LogP contribution in [0.1, 0.15) is 18.4 Å². The highest BCUT2D eigenvalue weighted by atomic mass is 16.5. The highest BCUT2D eigenvalue weighted by molar-refractivity contribution is 5.33. The Labute approximate surface area is 127 Å². The predicted octanol–water partition coefficient (Wildman–Crippen LogP) is 1.90. The van der Waals surface area contributed by atoms with E-state index in [2.05, 4.69) is 28.4 Å². The molecule has 0 spiro atoms. The molecule has 1 fully saturated rings. The van der Waals surface area contributed by atoms with Crippen molar-refractivity contribution >= 4 is 0 Å². The van der Waals surface area contributed by atoms with Gasteiger partial charge in [-0.25, -0.2) is 0 Å². The highest BCUT2D eigenvalue weighted by Crippen LogP contribution is 2.31. The fourth-order valence-corrected chi connectivity index (χ4v) is 3.59. The molecule has 1 atom stereocenters. The van der Waals surface area contributed by atoms with E-state index in [4.69, 9.17) is 9.47 Å². The van der Waals surface area contributed by atoms with Crippen LogP contribution in [0, 0.1) is 5.41 Å². The van der Waals surface area contributed by atoms with Crippen molar-refractivity contribution in [3.8, 4) is 5.75 Å². The molecule has 1 unspecified atom stereocenters. The first-order valence-corrected chi connectivity index (χ1v) is 7.97. The third-order valence-corrected chi connectivity index (χ3v) is 4.55. The van der Waals surface area contributed by atoms with E-state index in [1.807, 2.05) is 13.1 Å². The van der Waals surface area contributed by atoms with Crippen LogP contribution in [0.2, 0.25) is 0 Å².